The first-order valence-corrected chi connectivity index (χ1v) is 17.5. The van der Waals surface area contributed by atoms with E-state index in [9.17, 15) is 18.3 Å². The molecule has 1 amide bonds. The standard InChI is InChI=1S/C33H36N10O4S.ClH.4H3N.4H2/c44-29-20-24(36-31-37-32(42-15-3-1-4-16-42)39-33(38-31)43-17-5-2-6-18-43)11-14-27(29)30(45)35-23-9-12-26(13-10-23)48(46,47)41-25-8-7-22-21-34-40-28(22)19-25;;;;;;;;;/h7-14,19-21,41,44H,1-6,15-18H2,(H,34,40)(H,35,45)(H,36,37,38,39);1H;4*1H3;4*1H. The zero-order valence-electron chi connectivity index (χ0n) is 29.4. The van der Waals surface area contributed by atoms with Crippen molar-refractivity contribution in [1.29, 1.82) is 0 Å². The predicted molar refractivity (Wildman–Crippen MR) is 220 cm³/mol. The number of aromatic nitrogens is 5. The Hall–Kier alpha value is -5.31. The van der Waals surface area contributed by atoms with Crippen LogP contribution in [0.5, 0.6) is 5.75 Å². The number of benzene rings is 3. The van der Waals surface area contributed by atoms with Gasteiger partial charge in [-0.3, -0.25) is 14.6 Å². The van der Waals surface area contributed by atoms with Crippen LogP contribution in [0, 0.1) is 0 Å². The maximum Gasteiger partial charge on any atom is 0.261 e. The minimum atomic E-state index is -3.88. The fraction of sp³-hybridized carbons (Fsp3) is 0.303. The molecule has 7 rings (SSSR count). The Morgan fingerprint density at radius 2 is 1.30 bits per heavy atom. The highest BCUT2D eigenvalue weighted by atomic mass is 35.5. The summed E-state index contributed by atoms with van der Waals surface area (Å²) in [6.45, 7) is 3.58. The first kappa shape index (κ1) is 43.9. The molecule has 0 unspecified atom stereocenters. The van der Waals surface area contributed by atoms with Crippen LogP contribution < -0.4 is 49.8 Å². The molecule has 0 atom stereocenters. The number of aromatic amines is 1. The van der Waals surface area contributed by atoms with Gasteiger partial charge in [-0.05, 0) is 93.1 Å². The van der Waals surface area contributed by atoms with Crippen molar-refractivity contribution < 1.29 is 24.0 Å². The molecule has 2 aliphatic rings. The Labute approximate surface area is 320 Å². The van der Waals surface area contributed by atoms with Crippen molar-refractivity contribution in [3.8, 4) is 5.75 Å². The molecule has 0 spiro atoms. The van der Waals surface area contributed by atoms with Gasteiger partial charge in [0.2, 0.25) is 17.8 Å². The number of H-pyrrole nitrogens is 1. The number of phenols is 1. The number of amides is 1. The Morgan fingerprint density at radius 3 is 1.89 bits per heavy atom. The largest absolute Gasteiger partial charge is 0.507 e. The molecule has 2 aromatic heterocycles. The van der Waals surface area contributed by atoms with Crippen LogP contribution >= 0.6 is 12.4 Å². The van der Waals surface area contributed by atoms with E-state index in [4.69, 9.17) is 15.0 Å². The maximum absolute atomic E-state index is 13.1. The number of carbonyl (C=O) groups excluding carboxylic acids is 1. The average Bonchev–Trinajstić information content (AvgIpc) is 3.57. The van der Waals surface area contributed by atoms with E-state index in [2.05, 4.69) is 35.4 Å². The van der Waals surface area contributed by atoms with Gasteiger partial charge in [0, 0.05) is 54.7 Å². The molecule has 4 heterocycles. The molecule has 2 aliphatic heterocycles. The van der Waals surface area contributed by atoms with Crippen LogP contribution in [0.2, 0.25) is 0 Å². The normalized spacial score (nSPS) is 13.9. The monoisotopic (exact) mass is 780 g/mol. The molecule has 2 saturated heterocycles. The number of piperidine rings is 2. The molecule has 20 heteroatoms. The molecule has 5 aromatic rings. The number of nitrogens with one attached hydrogen (secondary N) is 4. The van der Waals surface area contributed by atoms with Crippen LogP contribution in [-0.4, -0.2) is 70.8 Å². The molecule has 53 heavy (non-hydrogen) atoms. The number of aromatic hydroxyl groups is 1. The van der Waals surface area contributed by atoms with Crippen molar-refractivity contribution in [3.63, 3.8) is 0 Å². The number of carbonyl (C=O) groups is 1. The fourth-order valence-electron chi connectivity index (χ4n) is 5.94. The van der Waals surface area contributed by atoms with Crippen LogP contribution in [0.25, 0.3) is 10.9 Å². The number of fused-ring (bicyclic) bond motifs is 1. The molecule has 0 aliphatic carbocycles. The molecule has 3 aromatic carbocycles. The van der Waals surface area contributed by atoms with Crippen LogP contribution in [0.4, 0.5) is 34.9 Å². The van der Waals surface area contributed by atoms with E-state index in [1.54, 1.807) is 30.5 Å². The highest BCUT2D eigenvalue weighted by Gasteiger charge is 2.21. The summed E-state index contributed by atoms with van der Waals surface area (Å²) in [5.41, 5.74) is 2.01. The number of rotatable bonds is 9. The second kappa shape index (κ2) is 19.0. The molecule has 0 radical (unpaired) electrons. The first-order valence-electron chi connectivity index (χ1n) is 16.0. The van der Waals surface area contributed by atoms with Crippen LogP contribution in [0.3, 0.4) is 0 Å². The van der Waals surface area contributed by atoms with Crippen molar-refractivity contribution in [2.24, 2.45) is 0 Å². The summed E-state index contributed by atoms with van der Waals surface area (Å²) in [7, 11) is -3.88. The minimum absolute atomic E-state index is 0. The number of hydrogen-bond acceptors (Lipinski definition) is 15. The van der Waals surface area contributed by atoms with Crippen LogP contribution in [0.15, 0.2) is 71.8 Å². The average molecular weight is 781 g/mol. The predicted octanol–water partition coefficient (Wildman–Crippen LogP) is 7.28. The molecule has 17 N–H and O–H groups in total. The lowest BCUT2D eigenvalue weighted by molar-refractivity contribution is 0.102. The third-order valence-electron chi connectivity index (χ3n) is 8.50. The lowest BCUT2D eigenvalue weighted by atomic mass is 10.1. The number of nitrogens with zero attached hydrogens (tertiary/aromatic N) is 6. The van der Waals surface area contributed by atoms with Gasteiger partial charge in [-0.15, -0.1) is 12.4 Å². The number of hydrogen-bond donors (Lipinski definition) is 9. The topological polar surface area (TPSA) is 321 Å². The van der Waals surface area contributed by atoms with Crippen molar-refractivity contribution in [3.05, 3.63) is 72.4 Å². The van der Waals surface area contributed by atoms with E-state index in [-0.39, 0.29) is 58.9 Å². The fourth-order valence-corrected chi connectivity index (χ4v) is 6.99. The number of phenolic OH excluding ortho intramolecular Hbond substituents is 1. The lowest BCUT2D eigenvalue weighted by Crippen LogP contribution is -2.34. The van der Waals surface area contributed by atoms with E-state index in [0.29, 0.717) is 40.4 Å². The molecule has 0 bridgehead atoms. The molecule has 18 nitrogen and oxygen atoms in total. The van der Waals surface area contributed by atoms with E-state index in [1.807, 2.05) is 0 Å². The van der Waals surface area contributed by atoms with Gasteiger partial charge in [0.15, 0.2) is 0 Å². The minimum Gasteiger partial charge on any atom is -0.507 e. The Kier molecular flexibility index (Phi) is 15.7. The van der Waals surface area contributed by atoms with Gasteiger partial charge >= 0.3 is 0 Å². The summed E-state index contributed by atoms with van der Waals surface area (Å²) in [4.78, 5) is 31.7. The second-order valence-corrected chi connectivity index (χ2v) is 13.6. The van der Waals surface area contributed by atoms with Crippen molar-refractivity contribution in [2.75, 3.05) is 51.3 Å². The third kappa shape index (κ3) is 10.2. The van der Waals surface area contributed by atoms with E-state index >= 15 is 0 Å². The van der Waals surface area contributed by atoms with Gasteiger partial charge in [0.1, 0.15) is 5.75 Å². The zero-order valence-corrected chi connectivity index (χ0v) is 31.1. The molecular formula is C33H57ClN14O4S. The van der Waals surface area contributed by atoms with Gasteiger partial charge in [-0.25, -0.2) is 8.42 Å². The van der Waals surface area contributed by atoms with Crippen LogP contribution in [-0.2, 0) is 10.0 Å². The van der Waals surface area contributed by atoms with Crippen molar-refractivity contribution in [2.45, 2.75) is 43.4 Å². The maximum atomic E-state index is 13.1. The number of halogens is 1. The van der Waals surface area contributed by atoms with E-state index in [1.165, 1.54) is 49.2 Å². The summed E-state index contributed by atoms with van der Waals surface area (Å²) in [5, 5.41) is 24.3. The Bertz CT molecular complexity index is 2040. The summed E-state index contributed by atoms with van der Waals surface area (Å²) in [5.74, 6) is 0.850. The van der Waals surface area contributed by atoms with Gasteiger partial charge in [0.25, 0.3) is 15.9 Å². The number of sulfonamides is 1. The zero-order chi connectivity index (χ0) is 33.1. The quantitative estimate of drug-likeness (QED) is 0.0709. The summed E-state index contributed by atoms with van der Waals surface area (Å²) in [6.07, 6.45) is 8.41. The molecule has 2 fully saturated rings. The highest BCUT2D eigenvalue weighted by molar-refractivity contribution is 7.92. The van der Waals surface area contributed by atoms with E-state index < -0.39 is 15.9 Å². The SMILES string of the molecule is Cl.N.N.N.N.O=C(Nc1ccc(S(=O)(=O)Nc2ccc3cn[nH]c3c2)cc1)c1ccc(Nc2nc(N3CCCCC3)nc(N3CCCCC3)n2)cc1O.[HH].[HH].[HH].[HH]. The summed E-state index contributed by atoms with van der Waals surface area (Å²) in [6, 6.07) is 15.4. The first-order chi connectivity index (χ1) is 23.3. The molecule has 0 saturated carbocycles. The van der Waals surface area contributed by atoms with Crippen LogP contribution in [0.1, 0.15) is 54.6 Å². The van der Waals surface area contributed by atoms with Gasteiger partial charge < -0.3 is 50.1 Å². The Morgan fingerprint density at radius 1 is 0.736 bits per heavy atom. The lowest BCUT2D eigenvalue weighted by Gasteiger charge is -2.30. The van der Waals surface area contributed by atoms with Crippen molar-refractivity contribution in [1.82, 2.24) is 49.8 Å². The molecule has 296 valence electrons. The van der Waals surface area contributed by atoms with Gasteiger partial charge in [-0.1, -0.05) is 0 Å². The van der Waals surface area contributed by atoms with Crippen molar-refractivity contribution >= 4 is 74.1 Å². The Balaban J connectivity index is -0.00000324. The number of anilines is 6. The second-order valence-electron chi connectivity index (χ2n) is 12.0. The summed E-state index contributed by atoms with van der Waals surface area (Å²) < 4.78 is 28.5. The molecular weight excluding hydrogens is 724 g/mol. The van der Waals surface area contributed by atoms with Gasteiger partial charge in [0.05, 0.1) is 27.9 Å². The van der Waals surface area contributed by atoms with Gasteiger partial charge in [-0.2, -0.15) is 20.1 Å². The summed E-state index contributed by atoms with van der Waals surface area (Å²) >= 11 is 0. The third-order valence-corrected chi connectivity index (χ3v) is 9.90. The highest BCUT2D eigenvalue weighted by Crippen LogP contribution is 2.28. The van der Waals surface area contributed by atoms with E-state index in [0.717, 1.165) is 57.2 Å². The smallest absolute Gasteiger partial charge is 0.261 e.